The number of carboxylic acid groups (broad SMARTS) is 1. The van der Waals surface area contributed by atoms with Crippen LogP contribution in [0, 0.1) is 11.8 Å². The van der Waals surface area contributed by atoms with Gasteiger partial charge >= 0.3 is 5.97 Å². The second kappa shape index (κ2) is 7.11. The number of carboxylic acids is 1. The fourth-order valence-corrected chi connectivity index (χ4v) is 3.35. The van der Waals surface area contributed by atoms with Gasteiger partial charge in [0.2, 0.25) is 0 Å². The quantitative estimate of drug-likeness (QED) is 0.779. The highest BCUT2D eigenvalue weighted by Gasteiger charge is 2.42. The van der Waals surface area contributed by atoms with Crippen LogP contribution in [0.4, 0.5) is 0 Å². The SMILES string of the molecule is CSC1C(C(=O)C(C)C)=C(CC(=O)O)C(=O)N1CC(C)C. The van der Waals surface area contributed by atoms with Crippen molar-refractivity contribution in [3.63, 3.8) is 0 Å². The molecule has 0 bridgehead atoms. The van der Waals surface area contributed by atoms with E-state index in [1.54, 1.807) is 18.7 Å². The predicted molar refractivity (Wildman–Crippen MR) is 83.0 cm³/mol. The molecule has 5 nitrogen and oxygen atoms in total. The van der Waals surface area contributed by atoms with Crippen LogP contribution < -0.4 is 0 Å². The summed E-state index contributed by atoms with van der Waals surface area (Å²) in [6, 6.07) is 0. The number of rotatable bonds is 7. The number of aliphatic carboxylic acids is 1. The van der Waals surface area contributed by atoms with E-state index in [0.29, 0.717) is 12.1 Å². The molecule has 0 saturated carbocycles. The molecule has 0 aromatic carbocycles. The minimum atomic E-state index is -1.08. The van der Waals surface area contributed by atoms with Crippen molar-refractivity contribution in [3.05, 3.63) is 11.1 Å². The molecular weight excluding hydrogens is 290 g/mol. The van der Waals surface area contributed by atoms with Crippen molar-refractivity contribution in [3.8, 4) is 0 Å². The van der Waals surface area contributed by atoms with Gasteiger partial charge in [-0.2, -0.15) is 0 Å². The molecule has 6 heteroatoms. The summed E-state index contributed by atoms with van der Waals surface area (Å²) in [5, 5.41) is 8.66. The third-order valence-electron chi connectivity index (χ3n) is 3.28. The van der Waals surface area contributed by atoms with Gasteiger partial charge in [0.1, 0.15) is 5.37 Å². The zero-order valence-corrected chi connectivity index (χ0v) is 14.0. The van der Waals surface area contributed by atoms with Crippen molar-refractivity contribution in [1.29, 1.82) is 0 Å². The van der Waals surface area contributed by atoms with E-state index in [1.165, 1.54) is 11.8 Å². The first-order valence-corrected chi connectivity index (χ1v) is 8.32. The maximum Gasteiger partial charge on any atom is 0.308 e. The minimum absolute atomic E-state index is 0.134. The molecule has 0 radical (unpaired) electrons. The van der Waals surface area contributed by atoms with Crippen molar-refractivity contribution in [1.82, 2.24) is 4.90 Å². The van der Waals surface area contributed by atoms with E-state index in [1.807, 2.05) is 20.1 Å². The van der Waals surface area contributed by atoms with E-state index in [4.69, 9.17) is 5.11 Å². The van der Waals surface area contributed by atoms with Gasteiger partial charge in [0.05, 0.1) is 6.42 Å². The first kappa shape index (κ1) is 17.8. The second-order valence-corrected chi connectivity index (χ2v) is 6.84. The number of Topliss-reactive ketones (excluding diaryl/α,β-unsaturated/α-hetero) is 1. The van der Waals surface area contributed by atoms with Gasteiger partial charge < -0.3 is 10.0 Å². The Morgan fingerprint density at radius 2 is 1.86 bits per heavy atom. The van der Waals surface area contributed by atoms with Crippen molar-refractivity contribution < 1.29 is 19.5 Å². The lowest BCUT2D eigenvalue weighted by atomic mass is 9.96. The third kappa shape index (κ3) is 3.87. The van der Waals surface area contributed by atoms with Crippen molar-refractivity contribution in [2.24, 2.45) is 11.8 Å². The zero-order valence-electron chi connectivity index (χ0n) is 13.2. The highest BCUT2D eigenvalue weighted by Crippen LogP contribution is 2.36. The molecule has 1 aliphatic heterocycles. The Morgan fingerprint density at radius 1 is 1.29 bits per heavy atom. The maximum atomic E-state index is 12.5. The van der Waals surface area contributed by atoms with Gasteiger partial charge in [0.25, 0.3) is 5.91 Å². The van der Waals surface area contributed by atoms with Gasteiger partial charge in [-0.05, 0) is 12.2 Å². The Kier molecular flexibility index (Phi) is 6.01. The largest absolute Gasteiger partial charge is 0.481 e. The molecule has 118 valence electrons. The van der Waals surface area contributed by atoms with E-state index < -0.39 is 12.4 Å². The van der Waals surface area contributed by atoms with Crippen LogP contribution >= 0.6 is 11.8 Å². The summed E-state index contributed by atoms with van der Waals surface area (Å²) in [7, 11) is 0. The van der Waals surface area contributed by atoms with Gasteiger partial charge in [-0.15, -0.1) is 11.8 Å². The number of thioether (sulfide) groups is 1. The number of carbonyl (C=O) groups is 3. The first-order valence-electron chi connectivity index (χ1n) is 7.03. The normalized spacial score (nSPS) is 19.1. The molecule has 1 amide bonds. The third-order valence-corrected chi connectivity index (χ3v) is 4.21. The lowest BCUT2D eigenvalue weighted by Crippen LogP contribution is -2.37. The number of hydrogen-bond acceptors (Lipinski definition) is 4. The smallest absolute Gasteiger partial charge is 0.308 e. The average Bonchev–Trinajstić information content (AvgIpc) is 2.61. The van der Waals surface area contributed by atoms with Crippen LogP contribution in [-0.4, -0.2) is 45.8 Å². The summed E-state index contributed by atoms with van der Waals surface area (Å²) in [5.74, 6) is -1.54. The van der Waals surface area contributed by atoms with E-state index in [2.05, 4.69) is 0 Å². The zero-order chi connectivity index (χ0) is 16.3. The minimum Gasteiger partial charge on any atom is -0.481 e. The summed E-state index contributed by atoms with van der Waals surface area (Å²) in [6.45, 7) is 8.03. The van der Waals surface area contributed by atoms with Crippen LogP contribution in [-0.2, 0) is 14.4 Å². The summed E-state index contributed by atoms with van der Waals surface area (Å²) < 4.78 is 0. The van der Waals surface area contributed by atoms with E-state index >= 15 is 0 Å². The standard InChI is InChI=1S/C15H23NO4S/c1-8(2)7-16-14(20)10(6-11(17)18)12(15(16)21-5)13(19)9(3)4/h8-9,15H,6-7H2,1-5H3,(H,17,18). The fraction of sp³-hybridized carbons (Fsp3) is 0.667. The van der Waals surface area contributed by atoms with Crippen molar-refractivity contribution >= 4 is 29.4 Å². The number of amides is 1. The molecule has 0 aliphatic carbocycles. The highest BCUT2D eigenvalue weighted by molar-refractivity contribution is 7.99. The van der Waals surface area contributed by atoms with E-state index in [0.717, 1.165) is 0 Å². The molecule has 21 heavy (non-hydrogen) atoms. The van der Waals surface area contributed by atoms with Crippen LogP contribution in [0.1, 0.15) is 34.1 Å². The summed E-state index contributed by atoms with van der Waals surface area (Å²) in [4.78, 5) is 37.6. The lowest BCUT2D eigenvalue weighted by molar-refractivity contribution is -0.137. The first-order chi connectivity index (χ1) is 9.70. The molecule has 0 saturated heterocycles. The van der Waals surface area contributed by atoms with Crippen LogP contribution in [0.15, 0.2) is 11.1 Å². The van der Waals surface area contributed by atoms with Crippen LogP contribution in [0.5, 0.6) is 0 Å². The molecule has 1 heterocycles. The summed E-state index contributed by atoms with van der Waals surface area (Å²) in [6.07, 6.45) is 1.45. The molecule has 0 aromatic rings. The number of nitrogens with zero attached hydrogens (tertiary/aromatic N) is 1. The number of hydrogen-bond donors (Lipinski definition) is 1. The van der Waals surface area contributed by atoms with Crippen LogP contribution in [0.25, 0.3) is 0 Å². The number of carbonyl (C=O) groups excluding carboxylic acids is 2. The van der Waals surface area contributed by atoms with E-state index in [9.17, 15) is 14.4 Å². The molecule has 1 N–H and O–H groups in total. The Bertz CT molecular complexity index is 482. The van der Waals surface area contributed by atoms with Crippen molar-refractivity contribution in [2.75, 3.05) is 12.8 Å². The second-order valence-electron chi connectivity index (χ2n) is 5.92. The Labute approximate surface area is 129 Å². The van der Waals surface area contributed by atoms with Crippen molar-refractivity contribution in [2.45, 2.75) is 39.5 Å². The van der Waals surface area contributed by atoms with Crippen LogP contribution in [0.2, 0.25) is 0 Å². The van der Waals surface area contributed by atoms with Gasteiger partial charge in [0.15, 0.2) is 5.78 Å². The predicted octanol–water partition coefficient (Wildman–Crippen LogP) is 2.17. The average molecular weight is 313 g/mol. The fourth-order valence-electron chi connectivity index (χ4n) is 2.42. The van der Waals surface area contributed by atoms with Crippen LogP contribution in [0.3, 0.4) is 0 Å². The Hall–Kier alpha value is -1.30. The van der Waals surface area contributed by atoms with Gasteiger partial charge in [-0.25, -0.2) is 0 Å². The Morgan fingerprint density at radius 3 is 2.24 bits per heavy atom. The van der Waals surface area contributed by atoms with Gasteiger partial charge in [0, 0.05) is 23.6 Å². The molecular formula is C15H23NO4S. The molecule has 0 aromatic heterocycles. The monoisotopic (exact) mass is 313 g/mol. The molecule has 1 atom stereocenters. The number of ketones is 1. The molecule has 1 unspecified atom stereocenters. The van der Waals surface area contributed by atoms with E-state index in [-0.39, 0.29) is 34.5 Å². The van der Waals surface area contributed by atoms with Gasteiger partial charge in [-0.1, -0.05) is 27.7 Å². The topological polar surface area (TPSA) is 74.7 Å². The van der Waals surface area contributed by atoms with Gasteiger partial charge in [-0.3, -0.25) is 14.4 Å². The summed E-state index contributed by atoms with van der Waals surface area (Å²) >= 11 is 1.40. The highest BCUT2D eigenvalue weighted by atomic mass is 32.2. The molecule has 1 rings (SSSR count). The molecule has 0 spiro atoms. The molecule has 1 aliphatic rings. The Balaban J connectivity index is 3.29. The molecule has 0 fully saturated rings. The maximum absolute atomic E-state index is 12.5. The lowest BCUT2D eigenvalue weighted by Gasteiger charge is -2.27. The summed E-state index contributed by atoms with van der Waals surface area (Å²) in [5.41, 5.74) is 0.534.